The molecule has 1 aromatic rings. The molecule has 0 aliphatic carbocycles. The number of nitrogens with one attached hydrogen (secondary N) is 2. The van der Waals surface area contributed by atoms with Crippen LogP contribution in [0.5, 0.6) is 0 Å². The number of aryl methyl sites for hydroxylation is 1. The summed E-state index contributed by atoms with van der Waals surface area (Å²) in [4.78, 5) is 34.6. The Hall–Kier alpha value is -2.57. The summed E-state index contributed by atoms with van der Waals surface area (Å²) in [5.41, 5.74) is 10.9. The molecule has 0 heterocycles. The van der Waals surface area contributed by atoms with Gasteiger partial charge in [0, 0.05) is 0 Å². The van der Waals surface area contributed by atoms with Crippen LogP contribution in [0.25, 0.3) is 0 Å². The first-order chi connectivity index (χ1) is 10.1. The molecule has 4 amide bonds. The Bertz CT molecular complexity index is 584. The van der Waals surface area contributed by atoms with E-state index in [0.717, 1.165) is 11.1 Å². The lowest BCUT2D eigenvalue weighted by Gasteiger charge is -2.25. The normalized spacial score (nSPS) is 12.3. The van der Waals surface area contributed by atoms with E-state index in [-0.39, 0.29) is 6.42 Å². The van der Waals surface area contributed by atoms with Gasteiger partial charge in [-0.1, -0.05) is 24.3 Å². The van der Waals surface area contributed by atoms with Crippen LogP contribution in [0, 0.1) is 6.92 Å². The Kier molecular flexibility index (Phi) is 5.50. The van der Waals surface area contributed by atoms with Crippen LogP contribution in [-0.2, 0) is 9.59 Å². The number of hydrogen-bond donors (Lipinski definition) is 4. The number of amides is 4. The molecule has 0 saturated carbocycles. The van der Waals surface area contributed by atoms with Gasteiger partial charge in [-0.05, 0) is 31.9 Å². The molecule has 0 saturated heterocycles. The van der Waals surface area contributed by atoms with E-state index in [1.807, 2.05) is 31.2 Å². The molecule has 0 fully saturated rings. The Morgan fingerprint density at radius 2 is 1.77 bits per heavy atom. The van der Waals surface area contributed by atoms with Gasteiger partial charge < -0.3 is 22.1 Å². The molecular formula is C15H22N4O3. The zero-order valence-corrected chi connectivity index (χ0v) is 13.0. The number of benzene rings is 1. The minimum absolute atomic E-state index is 0.0511. The maximum Gasteiger partial charge on any atom is 0.312 e. The first kappa shape index (κ1) is 17.5. The van der Waals surface area contributed by atoms with E-state index in [1.54, 1.807) is 0 Å². The number of nitrogens with two attached hydrogens (primary N) is 2. The topological polar surface area (TPSA) is 127 Å². The third kappa shape index (κ3) is 4.76. The van der Waals surface area contributed by atoms with Gasteiger partial charge in [-0.15, -0.1) is 0 Å². The molecule has 120 valence electrons. The standard InChI is InChI=1S/C15H22N4O3/c1-9-6-4-5-7-10(9)11(18-14(17)22)8-12(20)19-15(2,3)13(16)21/h4-7,11H,8H2,1-3H3,(H2,16,21)(H,19,20)(H3,17,18,22)/t11-/m0/s1. The SMILES string of the molecule is Cc1ccccc1[C@H](CC(=O)NC(C)(C)C(N)=O)NC(N)=O. The zero-order chi connectivity index (χ0) is 16.9. The molecule has 0 aliphatic heterocycles. The number of hydrogen-bond acceptors (Lipinski definition) is 3. The van der Waals surface area contributed by atoms with Gasteiger partial charge in [-0.3, -0.25) is 9.59 Å². The molecule has 0 spiro atoms. The van der Waals surface area contributed by atoms with Gasteiger partial charge in [0.05, 0.1) is 12.5 Å². The average molecular weight is 306 g/mol. The van der Waals surface area contributed by atoms with Gasteiger partial charge in [-0.2, -0.15) is 0 Å². The minimum Gasteiger partial charge on any atom is -0.368 e. The highest BCUT2D eigenvalue weighted by molar-refractivity contribution is 5.90. The van der Waals surface area contributed by atoms with Crippen LogP contribution in [0.2, 0.25) is 0 Å². The Morgan fingerprint density at radius 1 is 1.18 bits per heavy atom. The number of rotatable bonds is 6. The molecule has 1 rings (SSSR count). The van der Waals surface area contributed by atoms with Crippen molar-refractivity contribution in [1.82, 2.24) is 10.6 Å². The highest BCUT2D eigenvalue weighted by atomic mass is 16.2. The maximum atomic E-state index is 12.1. The largest absolute Gasteiger partial charge is 0.368 e. The second-order valence-electron chi connectivity index (χ2n) is 5.66. The molecule has 1 aromatic carbocycles. The monoisotopic (exact) mass is 306 g/mol. The summed E-state index contributed by atoms with van der Waals surface area (Å²) in [5, 5.41) is 5.09. The Labute approximate surface area is 129 Å². The van der Waals surface area contributed by atoms with Crippen molar-refractivity contribution in [1.29, 1.82) is 0 Å². The Morgan fingerprint density at radius 3 is 2.27 bits per heavy atom. The first-order valence-electron chi connectivity index (χ1n) is 6.86. The summed E-state index contributed by atoms with van der Waals surface area (Å²) in [7, 11) is 0. The van der Waals surface area contributed by atoms with Gasteiger partial charge in [0.25, 0.3) is 0 Å². The first-order valence-corrected chi connectivity index (χ1v) is 6.86. The van der Waals surface area contributed by atoms with Gasteiger partial charge in [0.15, 0.2) is 0 Å². The van der Waals surface area contributed by atoms with E-state index >= 15 is 0 Å². The summed E-state index contributed by atoms with van der Waals surface area (Å²) < 4.78 is 0. The highest BCUT2D eigenvalue weighted by Gasteiger charge is 2.28. The summed E-state index contributed by atoms with van der Waals surface area (Å²) in [6.45, 7) is 4.89. The zero-order valence-electron chi connectivity index (χ0n) is 13.0. The van der Waals surface area contributed by atoms with Crippen molar-refractivity contribution in [2.45, 2.75) is 38.8 Å². The molecule has 0 aromatic heterocycles. The summed E-state index contributed by atoms with van der Waals surface area (Å²) in [6.07, 6.45) is -0.0511. The molecule has 7 heteroatoms. The summed E-state index contributed by atoms with van der Waals surface area (Å²) in [6, 6.07) is 6.04. The second kappa shape index (κ2) is 6.93. The van der Waals surface area contributed by atoms with Crippen LogP contribution in [0.3, 0.4) is 0 Å². The van der Waals surface area contributed by atoms with Crippen molar-refractivity contribution in [3.63, 3.8) is 0 Å². The Balaban J connectivity index is 2.91. The third-order valence-corrected chi connectivity index (χ3v) is 3.34. The van der Waals surface area contributed by atoms with Crippen molar-refractivity contribution in [2.24, 2.45) is 11.5 Å². The fourth-order valence-corrected chi connectivity index (χ4v) is 2.03. The van der Waals surface area contributed by atoms with Crippen LogP contribution in [0.4, 0.5) is 4.79 Å². The number of carbonyl (C=O) groups is 3. The molecule has 0 bridgehead atoms. The number of carbonyl (C=O) groups excluding carboxylic acids is 3. The summed E-state index contributed by atoms with van der Waals surface area (Å²) >= 11 is 0. The highest BCUT2D eigenvalue weighted by Crippen LogP contribution is 2.21. The molecule has 0 radical (unpaired) electrons. The molecule has 7 nitrogen and oxygen atoms in total. The van der Waals surface area contributed by atoms with Gasteiger partial charge in [0.2, 0.25) is 11.8 Å². The molecule has 6 N–H and O–H groups in total. The van der Waals surface area contributed by atoms with Crippen molar-refractivity contribution in [3.05, 3.63) is 35.4 Å². The van der Waals surface area contributed by atoms with Gasteiger partial charge in [0.1, 0.15) is 5.54 Å². The number of primary amides is 2. The van der Waals surface area contributed by atoms with E-state index in [9.17, 15) is 14.4 Å². The summed E-state index contributed by atoms with van der Waals surface area (Å²) in [5.74, 6) is -1.05. The lowest BCUT2D eigenvalue weighted by atomic mass is 9.97. The van der Waals surface area contributed by atoms with Gasteiger partial charge >= 0.3 is 6.03 Å². The van der Waals surface area contributed by atoms with E-state index in [1.165, 1.54) is 13.8 Å². The van der Waals surface area contributed by atoms with Crippen LogP contribution in [0.15, 0.2) is 24.3 Å². The lowest BCUT2D eigenvalue weighted by Crippen LogP contribution is -2.53. The predicted octanol–water partition coefficient (Wildman–Crippen LogP) is 0.475. The smallest absolute Gasteiger partial charge is 0.312 e. The fraction of sp³-hybridized carbons (Fsp3) is 0.400. The van der Waals surface area contributed by atoms with Gasteiger partial charge in [-0.25, -0.2) is 4.79 Å². The van der Waals surface area contributed by atoms with E-state index < -0.39 is 29.4 Å². The molecular weight excluding hydrogens is 284 g/mol. The molecule has 0 unspecified atom stereocenters. The van der Waals surface area contributed by atoms with Crippen molar-refractivity contribution in [2.75, 3.05) is 0 Å². The van der Waals surface area contributed by atoms with E-state index in [4.69, 9.17) is 11.5 Å². The predicted molar refractivity (Wildman–Crippen MR) is 82.7 cm³/mol. The van der Waals surface area contributed by atoms with Crippen molar-refractivity contribution >= 4 is 17.8 Å². The van der Waals surface area contributed by atoms with Crippen molar-refractivity contribution < 1.29 is 14.4 Å². The maximum absolute atomic E-state index is 12.1. The molecule has 1 atom stereocenters. The quantitative estimate of drug-likeness (QED) is 0.610. The van der Waals surface area contributed by atoms with E-state index in [2.05, 4.69) is 10.6 Å². The number of urea groups is 1. The van der Waals surface area contributed by atoms with Crippen LogP contribution >= 0.6 is 0 Å². The second-order valence-corrected chi connectivity index (χ2v) is 5.66. The minimum atomic E-state index is -1.17. The fourth-order valence-electron chi connectivity index (χ4n) is 2.03. The van der Waals surface area contributed by atoms with Crippen LogP contribution in [-0.4, -0.2) is 23.4 Å². The van der Waals surface area contributed by atoms with Crippen LogP contribution in [0.1, 0.15) is 37.4 Å². The van der Waals surface area contributed by atoms with E-state index in [0.29, 0.717) is 0 Å². The lowest BCUT2D eigenvalue weighted by molar-refractivity contribution is -0.130. The average Bonchev–Trinajstić information content (AvgIpc) is 2.37. The molecule has 22 heavy (non-hydrogen) atoms. The van der Waals surface area contributed by atoms with Crippen LogP contribution < -0.4 is 22.1 Å². The van der Waals surface area contributed by atoms with Crippen molar-refractivity contribution in [3.8, 4) is 0 Å². The third-order valence-electron chi connectivity index (χ3n) is 3.34. The molecule has 0 aliphatic rings.